The van der Waals surface area contributed by atoms with Crippen molar-refractivity contribution in [3.8, 4) is 0 Å². The van der Waals surface area contributed by atoms with E-state index in [1.165, 1.54) is 5.56 Å². The summed E-state index contributed by atoms with van der Waals surface area (Å²) in [5, 5.41) is 6.03. The van der Waals surface area contributed by atoms with Gasteiger partial charge in [-0.2, -0.15) is 0 Å². The molecule has 3 aliphatic rings. The number of benzene rings is 1. The van der Waals surface area contributed by atoms with Gasteiger partial charge in [0.15, 0.2) is 0 Å². The number of hydrogen-bond donors (Lipinski definition) is 2. The van der Waals surface area contributed by atoms with Gasteiger partial charge in [-0.05, 0) is 30.5 Å². The maximum Gasteiger partial charge on any atom is 0.238 e. The number of nitrogens with zero attached hydrogens (tertiary/aromatic N) is 3. The second-order valence-corrected chi connectivity index (χ2v) is 8.53. The second kappa shape index (κ2) is 10.3. The van der Waals surface area contributed by atoms with Crippen molar-refractivity contribution in [3.63, 3.8) is 0 Å². The second-order valence-electron chi connectivity index (χ2n) is 8.53. The third-order valence-electron chi connectivity index (χ3n) is 5.89. The highest BCUT2D eigenvalue weighted by Gasteiger charge is 2.25. The number of hydrogen-bond acceptors (Lipinski definition) is 6. The van der Waals surface area contributed by atoms with Crippen LogP contribution in [0.4, 0.5) is 5.69 Å². The van der Waals surface area contributed by atoms with E-state index in [4.69, 9.17) is 4.74 Å². The molecular weight excluding hydrogens is 382 g/mol. The molecule has 1 aromatic carbocycles. The van der Waals surface area contributed by atoms with Gasteiger partial charge in [0.2, 0.25) is 11.8 Å². The van der Waals surface area contributed by atoms with Crippen molar-refractivity contribution in [2.45, 2.75) is 25.4 Å². The van der Waals surface area contributed by atoms with E-state index < -0.39 is 0 Å². The summed E-state index contributed by atoms with van der Waals surface area (Å²) in [5.74, 6) is 0.136. The van der Waals surface area contributed by atoms with Crippen LogP contribution in [-0.4, -0.2) is 98.1 Å². The first-order valence-corrected chi connectivity index (χ1v) is 11.1. The summed E-state index contributed by atoms with van der Waals surface area (Å²) in [7, 11) is 0. The number of piperazine rings is 1. The zero-order chi connectivity index (χ0) is 20.8. The molecule has 2 saturated heterocycles. The molecule has 3 fully saturated rings. The molecule has 8 nitrogen and oxygen atoms in total. The SMILES string of the molecule is O=C(CN1CCN(CC(=O)NC2CC2)CC1)Nc1ccc(CN2CCOCC2)cc1. The van der Waals surface area contributed by atoms with Gasteiger partial charge in [0.25, 0.3) is 0 Å². The van der Waals surface area contributed by atoms with Crippen molar-refractivity contribution in [1.82, 2.24) is 20.0 Å². The van der Waals surface area contributed by atoms with Crippen LogP contribution < -0.4 is 10.6 Å². The zero-order valence-corrected chi connectivity index (χ0v) is 17.6. The molecule has 0 atom stereocenters. The molecule has 0 bridgehead atoms. The Hall–Kier alpha value is -2.00. The number of carbonyl (C=O) groups is 2. The van der Waals surface area contributed by atoms with Crippen molar-refractivity contribution in [2.24, 2.45) is 0 Å². The summed E-state index contributed by atoms with van der Waals surface area (Å²) in [6.07, 6.45) is 2.23. The molecule has 4 rings (SSSR count). The van der Waals surface area contributed by atoms with Gasteiger partial charge in [0.1, 0.15) is 0 Å². The summed E-state index contributed by atoms with van der Waals surface area (Å²) in [4.78, 5) is 31.0. The van der Waals surface area contributed by atoms with Crippen LogP contribution in [-0.2, 0) is 20.9 Å². The van der Waals surface area contributed by atoms with E-state index in [2.05, 4.69) is 37.5 Å². The highest BCUT2D eigenvalue weighted by atomic mass is 16.5. The average molecular weight is 416 g/mol. The molecule has 8 heteroatoms. The van der Waals surface area contributed by atoms with Crippen LogP contribution in [0.3, 0.4) is 0 Å². The predicted molar refractivity (Wildman–Crippen MR) is 115 cm³/mol. The van der Waals surface area contributed by atoms with Gasteiger partial charge >= 0.3 is 0 Å². The van der Waals surface area contributed by atoms with Crippen molar-refractivity contribution in [2.75, 3.05) is 70.9 Å². The minimum atomic E-state index is 0.0101. The lowest BCUT2D eigenvalue weighted by molar-refractivity contribution is -0.123. The van der Waals surface area contributed by atoms with Gasteiger partial charge in [-0.25, -0.2) is 0 Å². The molecule has 30 heavy (non-hydrogen) atoms. The van der Waals surface area contributed by atoms with E-state index in [1.807, 2.05) is 12.1 Å². The summed E-state index contributed by atoms with van der Waals surface area (Å²) in [6, 6.07) is 8.53. The number of ether oxygens (including phenoxy) is 1. The van der Waals surface area contributed by atoms with Gasteiger partial charge in [0.05, 0.1) is 26.3 Å². The number of amides is 2. The minimum Gasteiger partial charge on any atom is -0.379 e. The van der Waals surface area contributed by atoms with E-state index in [0.29, 0.717) is 19.1 Å². The molecule has 2 aliphatic heterocycles. The molecule has 0 unspecified atom stereocenters. The Kier molecular flexibility index (Phi) is 7.33. The summed E-state index contributed by atoms with van der Waals surface area (Å²) in [5.41, 5.74) is 2.08. The smallest absolute Gasteiger partial charge is 0.238 e. The molecule has 1 aromatic rings. The van der Waals surface area contributed by atoms with Crippen LogP contribution >= 0.6 is 0 Å². The van der Waals surface area contributed by atoms with E-state index in [9.17, 15) is 9.59 Å². The van der Waals surface area contributed by atoms with Gasteiger partial charge in [0, 0.05) is 57.5 Å². The van der Waals surface area contributed by atoms with Crippen LogP contribution in [0.1, 0.15) is 18.4 Å². The van der Waals surface area contributed by atoms with Crippen LogP contribution in [0.5, 0.6) is 0 Å². The molecule has 2 amide bonds. The molecule has 2 heterocycles. The number of anilines is 1. The molecule has 164 valence electrons. The zero-order valence-electron chi connectivity index (χ0n) is 17.6. The van der Waals surface area contributed by atoms with E-state index >= 15 is 0 Å². The molecule has 2 N–H and O–H groups in total. The normalized spacial score (nSPS) is 21.3. The molecule has 0 radical (unpaired) electrons. The third-order valence-corrected chi connectivity index (χ3v) is 5.89. The predicted octanol–water partition coefficient (Wildman–Crippen LogP) is 0.354. The molecule has 0 spiro atoms. The van der Waals surface area contributed by atoms with Crippen molar-refractivity contribution < 1.29 is 14.3 Å². The Bertz CT molecular complexity index is 708. The summed E-state index contributed by atoms with van der Waals surface area (Å²) >= 11 is 0. The monoisotopic (exact) mass is 415 g/mol. The first-order valence-electron chi connectivity index (χ1n) is 11.1. The first-order chi connectivity index (χ1) is 14.6. The minimum absolute atomic E-state index is 0.0101. The Morgan fingerprint density at radius 2 is 1.43 bits per heavy atom. The van der Waals surface area contributed by atoms with E-state index in [1.54, 1.807) is 0 Å². The van der Waals surface area contributed by atoms with Crippen LogP contribution in [0, 0.1) is 0 Å². The maximum absolute atomic E-state index is 12.4. The number of carbonyl (C=O) groups excluding carboxylic acids is 2. The highest BCUT2D eigenvalue weighted by Crippen LogP contribution is 2.18. The number of rotatable bonds is 8. The molecule has 0 aromatic heterocycles. The van der Waals surface area contributed by atoms with Crippen molar-refractivity contribution >= 4 is 17.5 Å². The quantitative estimate of drug-likeness (QED) is 0.638. The maximum atomic E-state index is 12.4. The fraction of sp³-hybridized carbons (Fsp3) is 0.636. The van der Waals surface area contributed by atoms with E-state index in [0.717, 1.165) is 77.6 Å². The van der Waals surface area contributed by atoms with Gasteiger partial charge in [-0.15, -0.1) is 0 Å². The summed E-state index contributed by atoms with van der Waals surface area (Å²) < 4.78 is 5.39. The van der Waals surface area contributed by atoms with Crippen LogP contribution in [0.25, 0.3) is 0 Å². The fourth-order valence-electron chi connectivity index (χ4n) is 3.92. The Morgan fingerprint density at radius 3 is 2.03 bits per heavy atom. The highest BCUT2D eigenvalue weighted by molar-refractivity contribution is 5.92. The lowest BCUT2D eigenvalue weighted by Crippen LogP contribution is -2.51. The van der Waals surface area contributed by atoms with E-state index in [-0.39, 0.29) is 11.8 Å². The Balaban J connectivity index is 1.14. The summed E-state index contributed by atoms with van der Waals surface area (Å²) in [6.45, 7) is 8.57. The van der Waals surface area contributed by atoms with Crippen molar-refractivity contribution in [3.05, 3.63) is 29.8 Å². The third kappa shape index (κ3) is 6.77. The Morgan fingerprint density at radius 1 is 0.833 bits per heavy atom. The van der Waals surface area contributed by atoms with Gasteiger partial charge < -0.3 is 15.4 Å². The average Bonchev–Trinajstić information content (AvgIpc) is 3.55. The topological polar surface area (TPSA) is 77.2 Å². The largest absolute Gasteiger partial charge is 0.379 e. The van der Waals surface area contributed by atoms with Crippen LogP contribution in [0.2, 0.25) is 0 Å². The first kappa shape index (κ1) is 21.2. The lowest BCUT2D eigenvalue weighted by atomic mass is 10.2. The number of nitrogens with one attached hydrogen (secondary N) is 2. The van der Waals surface area contributed by atoms with Gasteiger partial charge in [-0.1, -0.05) is 12.1 Å². The Labute approximate surface area is 178 Å². The molecular formula is C22H33N5O3. The fourth-order valence-corrected chi connectivity index (χ4v) is 3.92. The van der Waals surface area contributed by atoms with Crippen molar-refractivity contribution in [1.29, 1.82) is 0 Å². The standard InChI is InChI=1S/C22H33N5O3/c28-21(16-25-7-9-26(10-8-25)17-22(29)24-20-5-6-20)23-19-3-1-18(2-4-19)15-27-11-13-30-14-12-27/h1-4,20H,5-17H2,(H,23,28)(H,24,29). The lowest BCUT2D eigenvalue weighted by Gasteiger charge is -2.33. The number of morpholine rings is 1. The van der Waals surface area contributed by atoms with Crippen LogP contribution in [0.15, 0.2) is 24.3 Å². The molecule has 1 saturated carbocycles. The molecule has 1 aliphatic carbocycles. The van der Waals surface area contributed by atoms with Gasteiger partial charge in [-0.3, -0.25) is 24.3 Å².